The van der Waals surface area contributed by atoms with Crippen LogP contribution in [0.3, 0.4) is 0 Å². The van der Waals surface area contributed by atoms with Gasteiger partial charge < -0.3 is 14.2 Å². The van der Waals surface area contributed by atoms with Crippen LogP contribution in [0.5, 0.6) is 0 Å². The molecule has 11 heteroatoms. The minimum atomic E-state index is -0.893. The van der Waals surface area contributed by atoms with Gasteiger partial charge in [0.1, 0.15) is 25.0 Å². The van der Waals surface area contributed by atoms with Crippen LogP contribution in [0.15, 0.2) is 77.0 Å². The second-order valence-electron chi connectivity index (χ2n) is 8.23. The van der Waals surface area contributed by atoms with Crippen LogP contribution in [0, 0.1) is 0 Å². The molecule has 1 fully saturated rings. The Morgan fingerprint density at radius 1 is 1.03 bits per heavy atom. The average molecular weight is 545 g/mol. The van der Waals surface area contributed by atoms with E-state index < -0.39 is 41.6 Å². The number of halogens is 2. The van der Waals surface area contributed by atoms with Crippen LogP contribution in [0.4, 0.5) is 0 Å². The first kappa shape index (κ1) is 26.4. The molecule has 2 heterocycles. The van der Waals surface area contributed by atoms with E-state index in [1.165, 1.54) is 41.1 Å². The first-order valence-corrected chi connectivity index (χ1v) is 12.0. The zero-order valence-corrected chi connectivity index (χ0v) is 20.9. The van der Waals surface area contributed by atoms with Gasteiger partial charge in [-0.1, -0.05) is 29.3 Å². The van der Waals surface area contributed by atoms with Gasteiger partial charge in [-0.05, 0) is 55.0 Å². The van der Waals surface area contributed by atoms with Crippen molar-refractivity contribution in [2.24, 2.45) is 0 Å². The van der Waals surface area contributed by atoms with Crippen LogP contribution in [0.2, 0.25) is 10.0 Å². The summed E-state index contributed by atoms with van der Waals surface area (Å²) in [5.41, 5.74) is -0.368. The SMILES string of the molecule is C=CCc1cn([C@@H]2C[C@H](OC(=O)c3ccc(Cl)cc3)[C@H](COC(=O)c3ccc(Cl)cc3)O2)c(=O)[nH]c1=O. The Morgan fingerprint density at radius 2 is 1.62 bits per heavy atom. The number of esters is 2. The number of hydrogen-bond donors (Lipinski definition) is 1. The standard InChI is InChI=1S/C26H22Cl2N2O7/c1-2-3-17-13-30(26(34)29-23(17)31)22-12-20(37-25(33)16-6-10-19(28)11-7-16)21(36-22)14-35-24(32)15-4-8-18(27)9-5-15/h2,4-11,13,20-22H,1,3,12,14H2,(H,29,31,34)/t20-,21-,22-/m0/s1. The first-order valence-electron chi connectivity index (χ1n) is 11.2. The van der Waals surface area contributed by atoms with E-state index in [1.807, 2.05) is 0 Å². The van der Waals surface area contributed by atoms with Gasteiger partial charge in [0.25, 0.3) is 5.56 Å². The van der Waals surface area contributed by atoms with Gasteiger partial charge in [0, 0.05) is 28.2 Å². The number of hydrogen-bond acceptors (Lipinski definition) is 7. The van der Waals surface area contributed by atoms with E-state index in [0.29, 0.717) is 15.6 Å². The summed E-state index contributed by atoms with van der Waals surface area (Å²) in [6.07, 6.45) is 0.571. The highest BCUT2D eigenvalue weighted by Crippen LogP contribution is 2.31. The summed E-state index contributed by atoms with van der Waals surface area (Å²) in [4.78, 5) is 52.2. The molecule has 1 N–H and O–H groups in total. The van der Waals surface area contributed by atoms with Gasteiger partial charge in [0.05, 0.1) is 11.1 Å². The zero-order valence-electron chi connectivity index (χ0n) is 19.4. The fourth-order valence-corrected chi connectivity index (χ4v) is 4.06. The molecular weight excluding hydrogens is 523 g/mol. The molecule has 0 saturated carbocycles. The fraction of sp³-hybridized carbons (Fsp3) is 0.231. The van der Waals surface area contributed by atoms with Gasteiger partial charge in [-0.2, -0.15) is 0 Å². The highest BCUT2D eigenvalue weighted by molar-refractivity contribution is 6.31. The maximum atomic E-state index is 12.8. The van der Waals surface area contributed by atoms with Crippen molar-refractivity contribution in [3.63, 3.8) is 0 Å². The Hall–Kier alpha value is -3.66. The molecule has 37 heavy (non-hydrogen) atoms. The van der Waals surface area contributed by atoms with Crippen molar-refractivity contribution in [3.05, 3.63) is 115 Å². The van der Waals surface area contributed by atoms with Crippen LogP contribution in [-0.2, 0) is 20.6 Å². The number of ether oxygens (including phenoxy) is 3. The molecule has 0 spiro atoms. The summed E-state index contributed by atoms with van der Waals surface area (Å²) in [5.74, 6) is -1.26. The molecule has 4 rings (SSSR count). The maximum absolute atomic E-state index is 12.8. The summed E-state index contributed by atoms with van der Waals surface area (Å²) in [5, 5.41) is 0.926. The third kappa shape index (κ3) is 6.37. The topological polar surface area (TPSA) is 117 Å². The molecule has 192 valence electrons. The van der Waals surface area contributed by atoms with Crippen LogP contribution in [0.25, 0.3) is 0 Å². The quantitative estimate of drug-likeness (QED) is 0.337. The van der Waals surface area contributed by atoms with Crippen molar-refractivity contribution in [2.75, 3.05) is 6.61 Å². The number of allylic oxidation sites excluding steroid dienone is 1. The van der Waals surface area contributed by atoms with Crippen LogP contribution < -0.4 is 11.2 Å². The molecule has 1 aromatic heterocycles. The van der Waals surface area contributed by atoms with E-state index >= 15 is 0 Å². The van der Waals surface area contributed by atoms with Crippen LogP contribution >= 0.6 is 23.2 Å². The van der Waals surface area contributed by atoms with Gasteiger partial charge in [0.2, 0.25) is 0 Å². The van der Waals surface area contributed by atoms with Gasteiger partial charge in [-0.15, -0.1) is 6.58 Å². The Labute approximate surface area is 221 Å². The lowest BCUT2D eigenvalue weighted by Gasteiger charge is -2.19. The molecule has 3 aromatic rings. The van der Waals surface area contributed by atoms with Gasteiger partial charge >= 0.3 is 17.6 Å². The molecule has 9 nitrogen and oxygen atoms in total. The largest absolute Gasteiger partial charge is 0.459 e. The normalized spacial score (nSPS) is 18.8. The third-order valence-electron chi connectivity index (χ3n) is 5.69. The van der Waals surface area contributed by atoms with Gasteiger partial charge in [-0.25, -0.2) is 14.4 Å². The van der Waals surface area contributed by atoms with E-state index in [1.54, 1.807) is 24.3 Å². The summed E-state index contributed by atoms with van der Waals surface area (Å²) in [7, 11) is 0. The van der Waals surface area contributed by atoms with Crippen molar-refractivity contribution in [3.8, 4) is 0 Å². The van der Waals surface area contributed by atoms with E-state index in [9.17, 15) is 19.2 Å². The van der Waals surface area contributed by atoms with E-state index in [4.69, 9.17) is 37.4 Å². The monoisotopic (exact) mass is 544 g/mol. The number of nitrogens with zero attached hydrogens (tertiary/aromatic N) is 1. The third-order valence-corrected chi connectivity index (χ3v) is 6.20. The molecule has 0 radical (unpaired) electrons. The Balaban J connectivity index is 1.55. The van der Waals surface area contributed by atoms with E-state index in [2.05, 4.69) is 11.6 Å². The fourth-order valence-electron chi connectivity index (χ4n) is 3.81. The van der Waals surface area contributed by atoms with Crippen molar-refractivity contribution in [2.45, 2.75) is 31.3 Å². The Kier molecular flexibility index (Phi) is 8.27. The number of rotatable bonds is 8. The molecule has 1 aliphatic heterocycles. The van der Waals surface area contributed by atoms with Crippen molar-refractivity contribution in [1.82, 2.24) is 9.55 Å². The Morgan fingerprint density at radius 3 is 2.22 bits per heavy atom. The van der Waals surface area contributed by atoms with E-state index in [-0.39, 0.29) is 30.6 Å². The second-order valence-corrected chi connectivity index (χ2v) is 9.11. The summed E-state index contributed by atoms with van der Waals surface area (Å²) < 4.78 is 18.3. The van der Waals surface area contributed by atoms with E-state index in [0.717, 1.165) is 0 Å². The molecule has 1 saturated heterocycles. The number of aromatic amines is 1. The minimum absolute atomic E-state index is 0.0714. The maximum Gasteiger partial charge on any atom is 0.338 e. The Bertz CT molecular complexity index is 1410. The predicted octanol–water partition coefficient (Wildman–Crippen LogP) is 3.94. The minimum Gasteiger partial charge on any atom is -0.459 e. The molecule has 3 atom stereocenters. The number of carbonyl (C=O) groups is 2. The van der Waals surface area contributed by atoms with Crippen molar-refractivity contribution in [1.29, 1.82) is 0 Å². The number of carbonyl (C=O) groups excluding carboxylic acids is 2. The summed E-state index contributed by atoms with van der Waals surface area (Å²) in [6, 6.07) is 12.3. The molecule has 0 aliphatic carbocycles. The molecule has 0 bridgehead atoms. The lowest BCUT2D eigenvalue weighted by atomic mass is 10.1. The summed E-state index contributed by atoms with van der Waals surface area (Å²) >= 11 is 11.8. The first-order chi connectivity index (χ1) is 17.7. The lowest BCUT2D eigenvalue weighted by molar-refractivity contribution is -0.0582. The molecule has 2 aromatic carbocycles. The highest BCUT2D eigenvalue weighted by atomic mass is 35.5. The highest BCUT2D eigenvalue weighted by Gasteiger charge is 2.40. The predicted molar refractivity (Wildman–Crippen MR) is 136 cm³/mol. The number of nitrogens with one attached hydrogen (secondary N) is 1. The second kappa shape index (κ2) is 11.6. The average Bonchev–Trinajstić information content (AvgIpc) is 3.27. The molecule has 1 aliphatic rings. The number of benzene rings is 2. The summed E-state index contributed by atoms with van der Waals surface area (Å²) in [6.45, 7) is 3.36. The molecular formula is C26H22Cl2N2O7. The molecule has 0 amide bonds. The number of H-pyrrole nitrogens is 1. The van der Waals surface area contributed by atoms with Crippen LogP contribution in [0.1, 0.15) is 38.9 Å². The van der Waals surface area contributed by atoms with Crippen molar-refractivity contribution < 1.29 is 23.8 Å². The smallest absolute Gasteiger partial charge is 0.338 e. The lowest BCUT2D eigenvalue weighted by Crippen LogP contribution is -2.34. The zero-order chi connectivity index (χ0) is 26.5. The van der Waals surface area contributed by atoms with Gasteiger partial charge in [0.15, 0.2) is 0 Å². The number of aromatic nitrogens is 2. The molecule has 0 unspecified atom stereocenters. The van der Waals surface area contributed by atoms with Crippen LogP contribution in [-0.4, -0.2) is 40.3 Å². The van der Waals surface area contributed by atoms with Crippen molar-refractivity contribution >= 4 is 35.1 Å². The van der Waals surface area contributed by atoms with Gasteiger partial charge in [-0.3, -0.25) is 14.3 Å².